The van der Waals surface area contributed by atoms with Crippen LogP contribution in [0.2, 0.25) is 0 Å². The fraction of sp³-hybridized carbons (Fsp3) is 0. The number of nitrogens with zero attached hydrogens (tertiary/aromatic N) is 2. The van der Waals surface area contributed by atoms with Crippen LogP contribution in [0.3, 0.4) is 0 Å². The predicted octanol–water partition coefficient (Wildman–Crippen LogP) is 4.16. The van der Waals surface area contributed by atoms with E-state index in [0.29, 0.717) is 11.2 Å². The zero-order valence-corrected chi connectivity index (χ0v) is 17.2. The fourth-order valence-corrected chi connectivity index (χ4v) is 3.96. The third-order valence-corrected chi connectivity index (χ3v) is 5.76. The topological polar surface area (TPSA) is 128 Å². The second kappa shape index (κ2) is 8.44. The molecule has 1 N–H and O–H groups in total. The molecule has 4 aromatic rings. The van der Waals surface area contributed by atoms with E-state index in [-0.39, 0.29) is 21.9 Å². The second-order valence-corrected chi connectivity index (χ2v) is 8.20. The molecule has 0 aliphatic carbocycles. The van der Waals surface area contributed by atoms with Crippen molar-refractivity contribution in [2.45, 2.75) is 4.90 Å². The number of nitro groups is 1. The molecule has 10 heteroatoms. The van der Waals surface area contributed by atoms with E-state index in [0.717, 1.165) is 11.5 Å². The molecule has 160 valence electrons. The molecule has 0 unspecified atom stereocenters. The average Bonchev–Trinajstić information content (AvgIpc) is 2.79. The Labute approximate surface area is 182 Å². The summed E-state index contributed by atoms with van der Waals surface area (Å²) in [4.78, 5) is 26.7. The molecule has 3 aromatic carbocycles. The molecule has 0 saturated heterocycles. The van der Waals surface area contributed by atoms with Crippen molar-refractivity contribution in [3.8, 4) is 5.75 Å². The minimum atomic E-state index is -4.29. The highest BCUT2D eigenvalue weighted by Crippen LogP contribution is 2.24. The summed E-state index contributed by atoms with van der Waals surface area (Å²) >= 11 is 0. The zero-order chi connectivity index (χ0) is 22.7. The molecule has 4 rings (SSSR count). The SMILES string of the molecule is O=C(Nc1cccc2cccnc12)c1ccc(OS(=O)(=O)c2cccc([N+](=O)[O-])c2)cc1. The van der Waals surface area contributed by atoms with E-state index in [1.54, 1.807) is 24.4 Å². The van der Waals surface area contributed by atoms with Gasteiger partial charge < -0.3 is 9.50 Å². The molecule has 0 saturated carbocycles. The third kappa shape index (κ3) is 4.40. The Morgan fingerprint density at radius 1 is 0.969 bits per heavy atom. The van der Waals surface area contributed by atoms with Crippen LogP contribution >= 0.6 is 0 Å². The van der Waals surface area contributed by atoms with Gasteiger partial charge in [0.2, 0.25) is 0 Å². The van der Waals surface area contributed by atoms with Crippen LogP contribution in [0.25, 0.3) is 10.9 Å². The molecule has 0 aliphatic rings. The highest BCUT2D eigenvalue weighted by Gasteiger charge is 2.20. The van der Waals surface area contributed by atoms with E-state index in [1.165, 1.54) is 42.5 Å². The summed E-state index contributed by atoms with van der Waals surface area (Å²) in [5.74, 6) is -0.448. The summed E-state index contributed by atoms with van der Waals surface area (Å²) < 4.78 is 29.9. The van der Waals surface area contributed by atoms with Crippen LogP contribution < -0.4 is 9.50 Å². The van der Waals surface area contributed by atoms with Crippen molar-refractivity contribution in [2.24, 2.45) is 0 Å². The minimum Gasteiger partial charge on any atom is -0.379 e. The number of nitrogens with one attached hydrogen (secondary N) is 1. The number of amides is 1. The summed E-state index contributed by atoms with van der Waals surface area (Å²) in [5.41, 5.74) is 1.09. The van der Waals surface area contributed by atoms with Gasteiger partial charge in [0, 0.05) is 29.3 Å². The number of para-hydroxylation sites is 1. The van der Waals surface area contributed by atoms with Crippen LogP contribution in [0.4, 0.5) is 11.4 Å². The van der Waals surface area contributed by atoms with Crippen LogP contribution in [-0.4, -0.2) is 24.2 Å². The lowest BCUT2D eigenvalue weighted by Crippen LogP contribution is -2.13. The normalized spacial score (nSPS) is 11.1. The van der Waals surface area contributed by atoms with Gasteiger partial charge in [-0.2, -0.15) is 8.42 Å². The molecule has 1 heterocycles. The second-order valence-electron chi connectivity index (χ2n) is 6.65. The van der Waals surface area contributed by atoms with Crippen LogP contribution in [0, 0.1) is 10.1 Å². The van der Waals surface area contributed by atoms with Gasteiger partial charge in [0.15, 0.2) is 0 Å². The standard InChI is InChI=1S/C22H15N3O6S/c26-22(24-20-8-1-4-15-5-3-13-23-21(15)20)16-9-11-18(12-10-16)31-32(29,30)19-7-2-6-17(14-19)25(27)28/h1-14H,(H,24,26). The Balaban J connectivity index is 1.51. The van der Waals surface area contributed by atoms with E-state index >= 15 is 0 Å². The van der Waals surface area contributed by atoms with E-state index < -0.39 is 20.9 Å². The zero-order valence-electron chi connectivity index (χ0n) is 16.3. The predicted molar refractivity (Wildman–Crippen MR) is 117 cm³/mol. The summed E-state index contributed by atoms with van der Waals surface area (Å²) in [6, 6.07) is 19.1. The van der Waals surface area contributed by atoms with Gasteiger partial charge in [-0.05, 0) is 42.5 Å². The van der Waals surface area contributed by atoms with Crippen molar-refractivity contribution in [3.05, 3.63) is 101 Å². The lowest BCUT2D eigenvalue weighted by molar-refractivity contribution is -0.385. The molecule has 0 radical (unpaired) electrons. The molecule has 0 aliphatic heterocycles. The summed E-state index contributed by atoms with van der Waals surface area (Å²) in [7, 11) is -4.29. The summed E-state index contributed by atoms with van der Waals surface area (Å²) in [5, 5.41) is 14.5. The number of pyridine rings is 1. The van der Waals surface area contributed by atoms with Gasteiger partial charge in [-0.3, -0.25) is 19.9 Å². The van der Waals surface area contributed by atoms with Crippen molar-refractivity contribution >= 4 is 38.3 Å². The average molecular weight is 449 g/mol. The van der Waals surface area contributed by atoms with E-state index in [4.69, 9.17) is 4.18 Å². The lowest BCUT2D eigenvalue weighted by Gasteiger charge is -2.09. The molecule has 32 heavy (non-hydrogen) atoms. The first kappa shape index (κ1) is 20.9. The van der Waals surface area contributed by atoms with Crippen LogP contribution in [0.15, 0.2) is 90.0 Å². The number of hydrogen-bond donors (Lipinski definition) is 1. The van der Waals surface area contributed by atoms with Gasteiger partial charge in [0.25, 0.3) is 11.6 Å². The maximum atomic E-state index is 12.6. The van der Waals surface area contributed by atoms with E-state index in [2.05, 4.69) is 10.3 Å². The number of hydrogen-bond acceptors (Lipinski definition) is 7. The smallest absolute Gasteiger partial charge is 0.339 e. The number of fused-ring (bicyclic) bond motifs is 1. The number of nitro benzene ring substituents is 1. The van der Waals surface area contributed by atoms with E-state index in [1.807, 2.05) is 12.1 Å². The van der Waals surface area contributed by atoms with Gasteiger partial charge in [-0.25, -0.2) is 0 Å². The van der Waals surface area contributed by atoms with E-state index in [9.17, 15) is 23.3 Å². The molecule has 1 amide bonds. The van der Waals surface area contributed by atoms with Gasteiger partial charge in [-0.15, -0.1) is 0 Å². The number of rotatable bonds is 6. The minimum absolute atomic E-state index is 0.0418. The maximum absolute atomic E-state index is 12.6. The van der Waals surface area contributed by atoms with Crippen LogP contribution in [-0.2, 0) is 10.1 Å². The van der Waals surface area contributed by atoms with Crippen LogP contribution in [0.5, 0.6) is 5.75 Å². The number of aromatic nitrogens is 1. The van der Waals surface area contributed by atoms with Crippen molar-refractivity contribution in [1.82, 2.24) is 4.98 Å². The quantitative estimate of drug-likeness (QED) is 0.266. The number of carbonyl (C=O) groups is 1. The Kier molecular flexibility index (Phi) is 5.52. The number of benzene rings is 3. The van der Waals surface area contributed by atoms with Crippen molar-refractivity contribution in [1.29, 1.82) is 0 Å². The Hall–Kier alpha value is -4.31. The first-order valence-electron chi connectivity index (χ1n) is 9.28. The largest absolute Gasteiger partial charge is 0.379 e. The number of anilines is 1. The molecule has 9 nitrogen and oxygen atoms in total. The highest BCUT2D eigenvalue weighted by atomic mass is 32.2. The van der Waals surface area contributed by atoms with Crippen LogP contribution in [0.1, 0.15) is 10.4 Å². The fourth-order valence-electron chi connectivity index (χ4n) is 2.99. The van der Waals surface area contributed by atoms with Crippen molar-refractivity contribution < 1.29 is 22.3 Å². The van der Waals surface area contributed by atoms with Gasteiger partial charge in [0.1, 0.15) is 10.6 Å². The van der Waals surface area contributed by atoms with Crippen molar-refractivity contribution in [3.63, 3.8) is 0 Å². The molecule has 0 spiro atoms. The first-order valence-corrected chi connectivity index (χ1v) is 10.7. The third-order valence-electron chi connectivity index (χ3n) is 4.52. The van der Waals surface area contributed by atoms with Gasteiger partial charge in [0.05, 0.1) is 16.1 Å². The molecule has 0 bridgehead atoms. The highest BCUT2D eigenvalue weighted by molar-refractivity contribution is 7.87. The van der Waals surface area contributed by atoms with Gasteiger partial charge in [-0.1, -0.05) is 24.3 Å². The Bertz CT molecular complexity index is 1430. The Morgan fingerprint density at radius 2 is 1.69 bits per heavy atom. The summed E-state index contributed by atoms with van der Waals surface area (Å²) in [6.07, 6.45) is 1.63. The first-order chi connectivity index (χ1) is 15.3. The molecular weight excluding hydrogens is 434 g/mol. The maximum Gasteiger partial charge on any atom is 0.339 e. The number of non-ortho nitro benzene ring substituents is 1. The lowest BCUT2D eigenvalue weighted by atomic mass is 10.1. The molecule has 0 atom stereocenters. The van der Waals surface area contributed by atoms with Crippen molar-refractivity contribution in [2.75, 3.05) is 5.32 Å². The Morgan fingerprint density at radius 3 is 2.44 bits per heavy atom. The van der Waals surface area contributed by atoms with Gasteiger partial charge >= 0.3 is 10.1 Å². The monoisotopic (exact) mass is 449 g/mol. The molecular formula is C22H15N3O6S. The molecule has 0 fully saturated rings. The summed E-state index contributed by atoms with van der Waals surface area (Å²) in [6.45, 7) is 0. The molecule has 1 aromatic heterocycles. The number of carbonyl (C=O) groups excluding carboxylic acids is 1.